The summed E-state index contributed by atoms with van der Waals surface area (Å²) in [4.78, 5) is 13.2. The number of ether oxygens (including phenoxy) is 1. The van der Waals surface area contributed by atoms with Crippen LogP contribution in [-0.4, -0.2) is 18.7 Å². The van der Waals surface area contributed by atoms with Gasteiger partial charge in [0.1, 0.15) is 0 Å². The van der Waals surface area contributed by atoms with Crippen LogP contribution in [0.3, 0.4) is 0 Å². The van der Waals surface area contributed by atoms with Crippen LogP contribution in [-0.2, 0) is 9.53 Å². The minimum Gasteiger partial charge on any atom is -0.459 e. The van der Waals surface area contributed by atoms with E-state index in [4.69, 9.17) is 12.3 Å². The zero-order valence-electron chi connectivity index (χ0n) is 5.13. The Labute approximate surface area is 53.4 Å². The Morgan fingerprint density at radius 1 is 2.00 bits per heavy atom. The summed E-state index contributed by atoms with van der Waals surface area (Å²) in [5.74, 6) is -0.660. The minimum atomic E-state index is -1.15. The first kappa shape index (κ1) is 7.92. The fourth-order valence-corrected chi connectivity index (χ4v) is 0.280. The van der Waals surface area contributed by atoms with Gasteiger partial charge in [-0.25, -0.2) is 11.4 Å². The molecule has 0 spiro atoms. The molecular formula is C5H8N2O2. The molecule has 0 radical (unpaired) electrons. The lowest BCUT2D eigenvalue weighted by atomic mass is 10.5. The molecule has 50 valence electrons. The minimum absolute atomic E-state index is 0.266. The molecule has 0 aromatic carbocycles. The summed E-state index contributed by atoms with van der Waals surface area (Å²) in [6.45, 7) is 8.24. The molecule has 4 nitrogen and oxygen atoms in total. The molecular weight excluding hydrogens is 120 g/mol. The van der Waals surface area contributed by atoms with Gasteiger partial charge in [-0.2, -0.15) is 0 Å². The van der Waals surface area contributed by atoms with Gasteiger partial charge in [0.25, 0.3) is 0 Å². The van der Waals surface area contributed by atoms with Crippen molar-refractivity contribution in [3.63, 3.8) is 0 Å². The number of carbonyl (C=O) groups is 1. The molecule has 0 fully saturated rings. The predicted molar refractivity (Wildman–Crippen MR) is 31.2 cm³/mol. The van der Waals surface area contributed by atoms with Gasteiger partial charge < -0.3 is 4.74 Å². The van der Waals surface area contributed by atoms with Crippen molar-refractivity contribution in [3.8, 4) is 0 Å². The SMILES string of the molecule is [C-]#[N+]C(N)C(=O)OCC. The van der Waals surface area contributed by atoms with Crippen LogP contribution >= 0.6 is 0 Å². The fraction of sp³-hybridized carbons (Fsp3) is 0.600. The largest absolute Gasteiger partial charge is 0.459 e. The van der Waals surface area contributed by atoms with Gasteiger partial charge in [-0.05, 0) is 6.92 Å². The molecule has 0 bridgehead atoms. The smallest absolute Gasteiger partial charge is 0.406 e. The van der Waals surface area contributed by atoms with E-state index in [1.807, 2.05) is 0 Å². The van der Waals surface area contributed by atoms with Crippen molar-refractivity contribution in [2.75, 3.05) is 6.61 Å². The molecule has 0 rings (SSSR count). The van der Waals surface area contributed by atoms with Gasteiger partial charge in [0, 0.05) is 0 Å². The second-order valence-electron chi connectivity index (χ2n) is 1.33. The normalized spacial score (nSPS) is 11.7. The maximum atomic E-state index is 10.4. The third-order valence-corrected chi connectivity index (χ3v) is 0.667. The van der Waals surface area contributed by atoms with Crippen LogP contribution in [0.2, 0.25) is 0 Å². The van der Waals surface area contributed by atoms with Crippen LogP contribution in [0.25, 0.3) is 4.85 Å². The summed E-state index contributed by atoms with van der Waals surface area (Å²) in [6, 6.07) is 0. The van der Waals surface area contributed by atoms with E-state index >= 15 is 0 Å². The van der Waals surface area contributed by atoms with Crippen LogP contribution < -0.4 is 5.73 Å². The van der Waals surface area contributed by atoms with Crippen molar-refractivity contribution >= 4 is 5.97 Å². The molecule has 0 aliphatic heterocycles. The standard InChI is InChI=1S/C5H8N2O2/c1-3-9-5(8)4(6)7-2/h4H,3,6H2,1H3. The van der Waals surface area contributed by atoms with Gasteiger partial charge in [0.2, 0.25) is 0 Å². The third kappa shape index (κ3) is 2.67. The van der Waals surface area contributed by atoms with Gasteiger partial charge in [0.15, 0.2) is 0 Å². The summed E-state index contributed by atoms with van der Waals surface area (Å²) in [5, 5.41) is 0. The Balaban J connectivity index is 3.63. The lowest BCUT2D eigenvalue weighted by Gasteiger charge is -1.97. The first-order valence-electron chi connectivity index (χ1n) is 2.51. The Kier molecular flexibility index (Phi) is 3.40. The molecule has 1 unspecified atom stereocenters. The predicted octanol–water partition coefficient (Wildman–Crippen LogP) is -0.246. The molecule has 0 aliphatic carbocycles. The van der Waals surface area contributed by atoms with Crippen molar-refractivity contribution in [3.05, 3.63) is 11.4 Å². The van der Waals surface area contributed by atoms with E-state index in [0.717, 1.165) is 0 Å². The van der Waals surface area contributed by atoms with Crippen LogP contribution in [0.15, 0.2) is 0 Å². The zero-order valence-corrected chi connectivity index (χ0v) is 5.13. The number of carbonyl (C=O) groups excluding carboxylic acids is 1. The maximum absolute atomic E-state index is 10.4. The average molecular weight is 128 g/mol. The van der Waals surface area contributed by atoms with Crippen molar-refractivity contribution < 1.29 is 9.53 Å². The highest BCUT2D eigenvalue weighted by Crippen LogP contribution is 1.84. The lowest BCUT2D eigenvalue weighted by Crippen LogP contribution is -2.28. The molecule has 0 saturated heterocycles. The number of rotatable bonds is 2. The number of esters is 1. The van der Waals surface area contributed by atoms with Crippen LogP contribution in [0, 0.1) is 6.57 Å². The molecule has 4 heteroatoms. The molecule has 0 saturated carbocycles. The Morgan fingerprint density at radius 3 is 2.89 bits per heavy atom. The van der Waals surface area contributed by atoms with Gasteiger partial charge in [-0.1, -0.05) is 0 Å². The third-order valence-electron chi connectivity index (χ3n) is 0.667. The van der Waals surface area contributed by atoms with E-state index in [1.54, 1.807) is 6.92 Å². The molecule has 0 amide bonds. The zero-order chi connectivity index (χ0) is 7.28. The Morgan fingerprint density at radius 2 is 2.56 bits per heavy atom. The van der Waals surface area contributed by atoms with Crippen molar-refractivity contribution in [2.24, 2.45) is 5.73 Å². The topological polar surface area (TPSA) is 56.7 Å². The molecule has 9 heavy (non-hydrogen) atoms. The van der Waals surface area contributed by atoms with Crippen molar-refractivity contribution in [2.45, 2.75) is 13.1 Å². The van der Waals surface area contributed by atoms with Gasteiger partial charge >= 0.3 is 12.1 Å². The summed E-state index contributed by atoms with van der Waals surface area (Å²) in [7, 11) is 0. The van der Waals surface area contributed by atoms with E-state index in [0.29, 0.717) is 0 Å². The second kappa shape index (κ2) is 3.87. The highest BCUT2D eigenvalue weighted by atomic mass is 16.5. The second-order valence-corrected chi connectivity index (χ2v) is 1.33. The molecule has 0 aromatic heterocycles. The summed E-state index contributed by atoms with van der Waals surface area (Å²) >= 11 is 0. The molecule has 0 aromatic rings. The van der Waals surface area contributed by atoms with Crippen molar-refractivity contribution in [1.82, 2.24) is 0 Å². The van der Waals surface area contributed by atoms with Crippen LogP contribution in [0.1, 0.15) is 6.92 Å². The quantitative estimate of drug-likeness (QED) is 0.412. The monoisotopic (exact) mass is 128 g/mol. The maximum Gasteiger partial charge on any atom is 0.406 e. The van der Waals surface area contributed by atoms with Gasteiger partial charge in [0.05, 0.1) is 6.61 Å². The molecule has 2 N–H and O–H groups in total. The number of nitrogens with two attached hydrogens (primary N) is 1. The van der Waals surface area contributed by atoms with E-state index in [2.05, 4.69) is 9.58 Å². The number of nitrogens with zero attached hydrogens (tertiary/aromatic N) is 1. The Bertz CT molecular complexity index is 138. The van der Waals surface area contributed by atoms with E-state index in [1.165, 1.54) is 0 Å². The van der Waals surface area contributed by atoms with E-state index < -0.39 is 12.1 Å². The number of hydrogen-bond acceptors (Lipinski definition) is 3. The Hall–Kier alpha value is -1.08. The lowest BCUT2D eigenvalue weighted by molar-refractivity contribution is -0.143. The summed E-state index contributed by atoms with van der Waals surface area (Å²) in [6.07, 6.45) is -1.15. The highest BCUT2D eigenvalue weighted by molar-refractivity contribution is 5.76. The first-order chi connectivity index (χ1) is 4.22. The fourth-order valence-electron chi connectivity index (χ4n) is 0.280. The van der Waals surface area contributed by atoms with E-state index in [9.17, 15) is 4.79 Å². The van der Waals surface area contributed by atoms with Crippen LogP contribution in [0.5, 0.6) is 0 Å². The first-order valence-corrected chi connectivity index (χ1v) is 2.51. The molecule has 0 heterocycles. The molecule has 0 aliphatic rings. The summed E-state index contributed by atoms with van der Waals surface area (Å²) in [5.41, 5.74) is 4.97. The van der Waals surface area contributed by atoms with Crippen molar-refractivity contribution in [1.29, 1.82) is 0 Å². The van der Waals surface area contributed by atoms with E-state index in [-0.39, 0.29) is 6.61 Å². The molecule has 1 atom stereocenters. The van der Waals surface area contributed by atoms with Gasteiger partial charge in [-0.15, -0.1) is 0 Å². The summed E-state index contributed by atoms with van der Waals surface area (Å²) < 4.78 is 4.42. The highest BCUT2D eigenvalue weighted by Gasteiger charge is 2.17. The van der Waals surface area contributed by atoms with Crippen LogP contribution in [0.4, 0.5) is 0 Å². The number of hydrogen-bond donors (Lipinski definition) is 1. The average Bonchev–Trinajstić information content (AvgIpc) is 1.87. The van der Waals surface area contributed by atoms with Gasteiger partial charge in [-0.3, -0.25) is 10.6 Å².